The van der Waals surface area contributed by atoms with Gasteiger partial charge in [0, 0.05) is 17.2 Å². The van der Waals surface area contributed by atoms with Crippen molar-refractivity contribution in [2.45, 2.75) is 65.5 Å². The third kappa shape index (κ3) is 3.91. The first-order valence-electron chi connectivity index (χ1n) is 10.9. The maximum atomic E-state index is 13.6. The van der Waals surface area contributed by atoms with Crippen molar-refractivity contribution in [1.82, 2.24) is 9.88 Å². The highest BCUT2D eigenvalue weighted by atomic mass is 16.2. The molecule has 4 rings (SSSR count). The van der Waals surface area contributed by atoms with Gasteiger partial charge in [0.05, 0.1) is 12.1 Å². The number of aromatic nitrogens is 1. The molecule has 2 aromatic carbocycles. The van der Waals surface area contributed by atoms with Gasteiger partial charge in [0.15, 0.2) is 0 Å². The second-order valence-corrected chi connectivity index (χ2v) is 8.64. The summed E-state index contributed by atoms with van der Waals surface area (Å²) in [6.45, 7) is 6.40. The van der Waals surface area contributed by atoms with E-state index in [9.17, 15) is 9.59 Å². The minimum Gasteiger partial charge on any atom is -0.331 e. The lowest BCUT2D eigenvalue weighted by Crippen LogP contribution is -2.42. The van der Waals surface area contributed by atoms with Gasteiger partial charge in [-0.25, -0.2) is 0 Å². The van der Waals surface area contributed by atoms with E-state index in [0.717, 1.165) is 58.8 Å². The molecule has 0 unspecified atom stereocenters. The minimum atomic E-state index is -0.102. The van der Waals surface area contributed by atoms with E-state index in [0.29, 0.717) is 12.1 Å². The van der Waals surface area contributed by atoms with Gasteiger partial charge < -0.3 is 9.88 Å². The molecule has 0 radical (unpaired) electrons. The molecule has 1 fully saturated rings. The standard InChI is InChI=1S/C26H30N2O2/c1-17-13-14-20-15-21(25(29)27-24(20)19(17)3)16-28(22-10-5-4-6-11-22)26(30)23-12-8-7-9-18(23)2/h7-9,12-15,22H,4-6,10-11,16H2,1-3H3,(H,27,29). The highest BCUT2D eigenvalue weighted by molar-refractivity contribution is 5.96. The van der Waals surface area contributed by atoms with Crippen LogP contribution in [-0.2, 0) is 6.54 Å². The number of carbonyl (C=O) groups excluding carboxylic acids is 1. The number of fused-ring (bicyclic) bond motifs is 1. The van der Waals surface area contributed by atoms with E-state index in [1.54, 1.807) is 0 Å². The predicted molar refractivity (Wildman–Crippen MR) is 122 cm³/mol. The molecule has 1 N–H and O–H groups in total. The van der Waals surface area contributed by atoms with Crippen LogP contribution in [0, 0.1) is 20.8 Å². The van der Waals surface area contributed by atoms with Gasteiger partial charge in [-0.2, -0.15) is 0 Å². The van der Waals surface area contributed by atoms with Crippen LogP contribution in [0.15, 0.2) is 47.3 Å². The van der Waals surface area contributed by atoms with Gasteiger partial charge in [-0.15, -0.1) is 0 Å². The molecule has 0 atom stereocenters. The predicted octanol–water partition coefficient (Wildman–Crippen LogP) is 5.43. The maximum absolute atomic E-state index is 13.6. The van der Waals surface area contributed by atoms with Crippen molar-refractivity contribution in [3.05, 3.63) is 80.6 Å². The summed E-state index contributed by atoms with van der Waals surface area (Å²) in [6.07, 6.45) is 5.49. The Bertz CT molecular complexity index is 1140. The molecule has 1 saturated carbocycles. The maximum Gasteiger partial charge on any atom is 0.254 e. The van der Waals surface area contributed by atoms with E-state index in [-0.39, 0.29) is 17.5 Å². The molecule has 1 aromatic heterocycles. The summed E-state index contributed by atoms with van der Waals surface area (Å²) in [5.41, 5.74) is 5.39. The molecule has 4 heteroatoms. The van der Waals surface area contributed by atoms with Crippen LogP contribution in [0.1, 0.15) is 64.7 Å². The van der Waals surface area contributed by atoms with E-state index in [4.69, 9.17) is 0 Å². The number of pyridine rings is 1. The Morgan fingerprint density at radius 3 is 2.47 bits per heavy atom. The average Bonchev–Trinajstić information content (AvgIpc) is 2.76. The molecule has 1 heterocycles. The Morgan fingerprint density at radius 2 is 1.73 bits per heavy atom. The van der Waals surface area contributed by atoms with Crippen LogP contribution in [0.3, 0.4) is 0 Å². The van der Waals surface area contributed by atoms with Gasteiger partial charge >= 0.3 is 0 Å². The summed E-state index contributed by atoms with van der Waals surface area (Å²) in [4.78, 5) is 31.5. The molecule has 156 valence electrons. The van der Waals surface area contributed by atoms with Crippen LogP contribution >= 0.6 is 0 Å². The van der Waals surface area contributed by atoms with Gasteiger partial charge in [-0.3, -0.25) is 9.59 Å². The first-order chi connectivity index (χ1) is 14.5. The van der Waals surface area contributed by atoms with Crippen LogP contribution in [0.2, 0.25) is 0 Å². The molecular weight excluding hydrogens is 372 g/mol. The summed E-state index contributed by atoms with van der Waals surface area (Å²) < 4.78 is 0. The van der Waals surface area contributed by atoms with Crippen LogP contribution < -0.4 is 5.56 Å². The van der Waals surface area contributed by atoms with Crippen LogP contribution in [0.4, 0.5) is 0 Å². The largest absolute Gasteiger partial charge is 0.331 e. The van der Waals surface area contributed by atoms with Crippen molar-refractivity contribution in [1.29, 1.82) is 0 Å². The number of amides is 1. The second-order valence-electron chi connectivity index (χ2n) is 8.64. The summed E-state index contributed by atoms with van der Waals surface area (Å²) in [6, 6.07) is 14.0. The molecule has 0 spiro atoms. The van der Waals surface area contributed by atoms with Crippen molar-refractivity contribution < 1.29 is 4.79 Å². The molecule has 4 nitrogen and oxygen atoms in total. The number of benzene rings is 2. The fourth-order valence-corrected chi connectivity index (χ4v) is 4.60. The lowest BCUT2D eigenvalue weighted by atomic mass is 9.93. The number of nitrogens with one attached hydrogen (secondary N) is 1. The van der Waals surface area contributed by atoms with Crippen LogP contribution in [0.5, 0.6) is 0 Å². The number of carbonyl (C=O) groups is 1. The summed E-state index contributed by atoms with van der Waals surface area (Å²) >= 11 is 0. The van der Waals surface area contributed by atoms with E-state index in [1.165, 1.54) is 6.42 Å². The zero-order chi connectivity index (χ0) is 21.3. The van der Waals surface area contributed by atoms with Gasteiger partial charge in [-0.1, -0.05) is 49.6 Å². The zero-order valence-corrected chi connectivity index (χ0v) is 18.1. The Kier molecular flexibility index (Phi) is 5.76. The number of hydrogen-bond acceptors (Lipinski definition) is 2. The Balaban J connectivity index is 1.74. The van der Waals surface area contributed by atoms with Gasteiger partial charge in [0.25, 0.3) is 11.5 Å². The smallest absolute Gasteiger partial charge is 0.254 e. The van der Waals surface area contributed by atoms with Crippen molar-refractivity contribution in [2.24, 2.45) is 0 Å². The highest BCUT2D eigenvalue weighted by Crippen LogP contribution is 2.27. The number of rotatable bonds is 4. The normalized spacial score (nSPS) is 14.8. The molecule has 0 saturated heterocycles. The molecule has 0 bridgehead atoms. The number of aromatic amines is 1. The molecule has 0 aliphatic heterocycles. The summed E-state index contributed by atoms with van der Waals surface area (Å²) in [5.74, 6) is 0.0274. The first-order valence-corrected chi connectivity index (χ1v) is 10.9. The van der Waals surface area contributed by atoms with Gasteiger partial charge in [0.1, 0.15) is 0 Å². The summed E-state index contributed by atoms with van der Waals surface area (Å²) in [5, 5.41) is 1.01. The number of nitrogens with zero attached hydrogens (tertiary/aromatic N) is 1. The van der Waals surface area contributed by atoms with E-state index >= 15 is 0 Å². The van der Waals surface area contributed by atoms with Crippen LogP contribution in [-0.4, -0.2) is 21.8 Å². The molecule has 3 aromatic rings. The molecule has 30 heavy (non-hydrogen) atoms. The number of aryl methyl sites for hydroxylation is 3. The van der Waals surface area contributed by atoms with Crippen molar-refractivity contribution in [3.8, 4) is 0 Å². The van der Waals surface area contributed by atoms with Gasteiger partial charge in [-0.05, 0) is 67.8 Å². The van der Waals surface area contributed by atoms with Crippen molar-refractivity contribution in [3.63, 3.8) is 0 Å². The number of hydrogen-bond donors (Lipinski definition) is 1. The Morgan fingerprint density at radius 1 is 1.00 bits per heavy atom. The molecule has 1 amide bonds. The molecule has 1 aliphatic rings. The van der Waals surface area contributed by atoms with Crippen molar-refractivity contribution >= 4 is 16.8 Å². The lowest BCUT2D eigenvalue weighted by Gasteiger charge is -2.34. The monoisotopic (exact) mass is 402 g/mol. The van der Waals surface area contributed by atoms with Crippen LogP contribution in [0.25, 0.3) is 10.9 Å². The summed E-state index contributed by atoms with van der Waals surface area (Å²) in [7, 11) is 0. The van der Waals surface area contributed by atoms with Crippen molar-refractivity contribution in [2.75, 3.05) is 0 Å². The quantitative estimate of drug-likeness (QED) is 0.633. The Labute approximate surface area is 177 Å². The second kappa shape index (κ2) is 8.47. The van der Waals surface area contributed by atoms with E-state index in [1.807, 2.05) is 62.1 Å². The Hall–Kier alpha value is -2.88. The lowest BCUT2D eigenvalue weighted by molar-refractivity contribution is 0.0612. The van der Waals surface area contributed by atoms with E-state index < -0.39 is 0 Å². The highest BCUT2D eigenvalue weighted by Gasteiger charge is 2.28. The average molecular weight is 403 g/mol. The molecule has 1 aliphatic carbocycles. The third-order valence-corrected chi connectivity index (χ3v) is 6.62. The first kappa shape index (κ1) is 20.4. The minimum absolute atomic E-state index is 0.0274. The molecular formula is C26H30N2O2. The SMILES string of the molecule is Cc1ccccc1C(=O)N(Cc1cc2ccc(C)c(C)c2[nH]c1=O)C1CCCCC1. The fraction of sp³-hybridized carbons (Fsp3) is 0.385. The zero-order valence-electron chi connectivity index (χ0n) is 18.1. The fourth-order valence-electron chi connectivity index (χ4n) is 4.60. The number of H-pyrrole nitrogens is 1. The topological polar surface area (TPSA) is 53.2 Å². The van der Waals surface area contributed by atoms with Gasteiger partial charge in [0.2, 0.25) is 0 Å². The van der Waals surface area contributed by atoms with E-state index in [2.05, 4.69) is 11.1 Å². The third-order valence-electron chi connectivity index (χ3n) is 6.62.